The van der Waals surface area contributed by atoms with Crippen molar-refractivity contribution in [3.8, 4) is 0 Å². The lowest BCUT2D eigenvalue weighted by Crippen LogP contribution is -2.60. The molecule has 5 saturated heterocycles. The van der Waals surface area contributed by atoms with E-state index in [0.29, 0.717) is 48.3 Å². The van der Waals surface area contributed by atoms with Crippen LogP contribution >= 0.6 is 23.5 Å². The lowest BCUT2D eigenvalue weighted by molar-refractivity contribution is -0.147. The Morgan fingerprint density at radius 2 is 1.06 bits per heavy atom. The highest BCUT2D eigenvalue weighted by atomic mass is 32.2. The van der Waals surface area contributed by atoms with Crippen molar-refractivity contribution in [1.29, 1.82) is 0 Å². The summed E-state index contributed by atoms with van der Waals surface area (Å²) in [6.45, 7) is 11.9. The van der Waals surface area contributed by atoms with Gasteiger partial charge in [-0.2, -0.15) is 0 Å². The zero-order chi connectivity index (χ0) is 50.7. The van der Waals surface area contributed by atoms with Crippen LogP contribution in [0.5, 0.6) is 0 Å². The molecule has 0 aromatic heterocycles. The molecule has 5 aliphatic heterocycles. The van der Waals surface area contributed by atoms with Crippen LogP contribution in [0.15, 0.2) is 60.7 Å². The van der Waals surface area contributed by atoms with E-state index in [-0.39, 0.29) is 72.5 Å². The van der Waals surface area contributed by atoms with Gasteiger partial charge in [-0.15, -0.1) is 23.5 Å². The molecule has 0 radical (unpaired) electrons. The molecule has 1 unspecified atom stereocenters. The van der Waals surface area contributed by atoms with E-state index in [0.717, 1.165) is 0 Å². The van der Waals surface area contributed by atoms with Gasteiger partial charge in [0.05, 0.1) is 22.8 Å². The maximum absolute atomic E-state index is 14.7. The third-order valence-corrected chi connectivity index (χ3v) is 17.3. The summed E-state index contributed by atoms with van der Waals surface area (Å²) in [6, 6.07) is 11.6. The summed E-state index contributed by atoms with van der Waals surface area (Å²) in [7, 11) is 3.40. The molecule has 0 bridgehead atoms. The van der Waals surface area contributed by atoms with Gasteiger partial charge in [0.15, 0.2) is 0 Å². The number of carbonyl (C=O) groups is 7. The van der Waals surface area contributed by atoms with E-state index in [1.165, 1.54) is 0 Å². The first-order valence-corrected chi connectivity index (χ1v) is 26.6. The number of nitrogens with one attached hydrogen (secondary N) is 6. The van der Waals surface area contributed by atoms with E-state index in [4.69, 9.17) is 0 Å². The van der Waals surface area contributed by atoms with Crippen molar-refractivity contribution >= 4 is 64.9 Å². The van der Waals surface area contributed by atoms with Gasteiger partial charge in [-0.25, -0.2) is 0 Å². The molecule has 7 amide bonds. The van der Waals surface area contributed by atoms with E-state index in [2.05, 4.69) is 31.9 Å². The quantitative estimate of drug-likeness (QED) is 0.126. The molecule has 11 atom stereocenters. The summed E-state index contributed by atoms with van der Waals surface area (Å²) in [4.78, 5) is 107. The predicted molar refractivity (Wildman–Crippen MR) is 270 cm³/mol. The zero-order valence-electron chi connectivity index (χ0n) is 41.6. The number of amides is 7. The molecule has 2 aromatic carbocycles. The van der Waals surface area contributed by atoms with Gasteiger partial charge >= 0.3 is 0 Å². The van der Waals surface area contributed by atoms with Crippen LogP contribution in [0, 0.1) is 10.8 Å². The van der Waals surface area contributed by atoms with E-state index in [1.54, 1.807) is 113 Å². The molecule has 18 nitrogen and oxygen atoms in total. The minimum Gasteiger partial charge on any atom is -0.377 e. The first kappa shape index (κ1) is 53.1. The van der Waals surface area contributed by atoms with Crippen LogP contribution < -0.4 is 31.9 Å². The molecule has 5 fully saturated rings. The Kier molecular flexibility index (Phi) is 17.0. The molecule has 382 valence electrons. The van der Waals surface area contributed by atoms with Crippen LogP contribution in [0.25, 0.3) is 0 Å². The maximum atomic E-state index is 14.7. The molecule has 70 heavy (non-hydrogen) atoms. The van der Waals surface area contributed by atoms with E-state index in [9.17, 15) is 38.7 Å². The number of carbonyl (C=O) groups excluding carboxylic acids is 7. The Hall–Kier alpha value is -4.73. The SMILES string of the molecule is CN[C@@H](C)C(=O)N[C@H]1CCS[C@H]2CC(C)(C)[C@@H](C(=O)N[C@H](C(=O)N3CCN(C(=O)[C@@H](NC(=O)[C@H]4N5C(=O)[C@@H](NC(O)[C@H](C)NC)CCS[C@H]5CC4(C)C)c4ccccc4)CC3)c3ccccc3)N2C1=O. The first-order valence-electron chi connectivity index (χ1n) is 24.5. The fraction of sp³-hybridized carbons (Fsp3) is 0.620. The third-order valence-electron chi connectivity index (χ3n) is 14.8. The summed E-state index contributed by atoms with van der Waals surface area (Å²) in [5.74, 6) is -1.28. The number of aliphatic hydroxyl groups is 1. The number of hydrogen-bond acceptors (Lipinski definition) is 13. The number of likely N-dealkylation sites (N-methyl/N-ethyl adjacent to an activating group) is 2. The molecule has 7 rings (SSSR count). The summed E-state index contributed by atoms with van der Waals surface area (Å²) >= 11 is 3.21. The second-order valence-corrected chi connectivity index (χ2v) is 23.1. The van der Waals surface area contributed by atoms with Gasteiger partial charge in [0.1, 0.15) is 36.4 Å². The Bertz CT molecular complexity index is 2230. The van der Waals surface area contributed by atoms with Gasteiger partial charge < -0.3 is 51.3 Å². The van der Waals surface area contributed by atoms with Gasteiger partial charge in [0.25, 0.3) is 0 Å². The number of piperazine rings is 1. The average Bonchev–Trinajstić information content (AvgIpc) is 3.67. The number of hydrogen-bond donors (Lipinski definition) is 7. The predicted octanol–water partition coefficient (Wildman–Crippen LogP) is 1.53. The standard InChI is InChI=1S/C50H72N10O8S2/c1-29(51-7)41(61)53-33-19-25-69-35-27-49(3,4)39(59(35)45(33)65)43(63)55-37(31-15-11-9-12-16-31)47(67)57-21-23-58(24-22-57)48(68)38(32-17-13-10-14-18-32)56-44(64)40-50(5,6)28-36-60(40)46(66)34(20-26-70-36)54-42(62)30(2)52-8/h9-18,29-30,33-41,51-53,61H,19-28H2,1-8H3,(H,54,62)(H,55,63)(H,56,64)/t29-,30-,33-,34-,35-,36-,37-,38-,39+,40+,41?/m0/s1. The van der Waals surface area contributed by atoms with Crippen LogP contribution in [0.3, 0.4) is 0 Å². The lowest BCUT2D eigenvalue weighted by Gasteiger charge is -2.39. The van der Waals surface area contributed by atoms with E-state index < -0.39 is 71.2 Å². The maximum Gasteiger partial charge on any atom is 0.249 e. The van der Waals surface area contributed by atoms with Crippen molar-refractivity contribution in [3.63, 3.8) is 0 Å². The number of thioether (sulfide) groups is 2. The van der Waals surface area contributed by atoms with E-state index in [1.807, 2.05) is 46.8 Å². The summed E-state index contributed by atoms with van der Waals surface area (Å²) in [5, 5.41) is 28.3. The molecular formula is C50H72N10O8S2. The third kappa shape index (κ3) is 11.3. The highest BCUT2D eigenvalue weighted by Crippen LogP contribution is 2.48. The Morgan fingerprint density at radius 3 is 1.47 bits per heavy atom. The molecule has 0 aliphatic carbocycles. The van der Waals surface area contributed by atoms with Crippen molar-refractivity contribution in [3.05, 3.63) is 71.8 Å². The largest absolute Gasteiger partial charge is 0.377 e. The highest BCUT2D eigenvalue weighted by Gasteiger charge is 2.56. The zero-order valence-corrected chi connectivity index (χ0v) is 43.2. The second-order valence-electron chi connectivity index (χ2n) is 20.6. The second kappa shape index (κ2) is 22.4. The van der Waals surface area contributed by atoms with Crippen molar-refractivity contribution < 1.29 is 38.7 Å². The minimum atomic E-state index is -1.10. The van der Waals surface area contributed by atoms with Crippen molar-refractivity contribution in [1.82, 2.24) is 51.5 Å². The normalized spacial score (nSPS) is 27.4. The van der Waals surface area contributed by atoms with Crippen LogP contribution in [-0.2, 0) is 33.6 Å². The molecule has 7 N–H and O–H groups in total. The minimum absolute atomic E-state index is 0.146. The fourth-order valence-electron chi connectivity index (χ4n) is 10.5. The Morgan fingerprint density at radius 1 is 0.643 bits per heavy atom. The number of fused-ring (bicyclic) bond motifs is 2. The molecule has 20 heteroatoms. The number of rotatable bonds is 15. The van der Waals surface area contributed by atoms with Crippen LogP contribution in [0.4, 0.5) is 0 Å². The van der Waals surface area contributed by atoms with Crippen molar-refractivity contribution in [2.45, 2.75) is 133 Å². The number of aliphatic hydroxyl groups excluding tert-OH is 1. The molecule has 5 heterocycles. The molecule has 2 aromatic rings. The fourth-order valence-corrected chi connectivity index (χ4v) is 13.6. The van der Waals surface area contributed by atoms with Gasteiger partial charge in [0.2, 0.25) is 41.4 Å². The van der Waals surface area contributed by atoms with Gasteiger partial charge in [-0.1, -0.05) is 88.4 Å². The summed E-state index contributed by atoms with van der Waals surface area (Å²) in [5.41, 5.74) is -0.170. The van der Waals surface area contributed by atoms with Gasteiger partial charge in [0, 0.05) is 32.2 Å². The highest BCUT2D eigenvalue weighted by molar-refractivity contribution is 8.00. The monoisotopic (exact) mass is 1000 g/mol. The number of benzene rings is 2. The van der Waals surface area contributed by atoms with E-state index >= 15 is 0 Å². The summed E-state index contributed by atoms with van der Waals surface area (Å²) < 4.78 is 0. The average molecular weight is 1010 g/mol. The van der Waals surface area contributed by atoms with Crippen molar-refractivity contribution in [2.75, 3.05) is 51.8 Å². The molecule has 0 saturated carbocycles. The van der Waals surface area contributed by atoms with Crippen LogP contribution in [0.2, 0.25) is 0 Å². The molecule has 0 spiro atoms. The lowest BCUT2D eigenvalue weighted by atomic mass is 9.83. The first-order chi connectivity index (χ1) is 33.3. The van der Waals surface area contributed by atoms with Crippen LogP contribution in [-0.4, -0.2) is 171 Å². The summed E-state index contributed by atoms with van der Waals surface area (Å²) in [6.07, 6.45) is 1.03. The molecular weight excluding hydrogens is 933 g/mol. The van der Waals surface area contributed by atoms with Crippen LogP contribution in [0.1, 0.15) is 90.4 Å². The molecule has 5 aliphatic rings. The Labute approximate surface area is 420 Å². The van der Waals surface area contributed by atoms with Crippen molar-refractivity contribution in [2.24, 2.45) is 10.8 Å². The van der Waals surface area contributed by atoms with Gasteiger partial charge in [-0.3, -0.25) is 38.9 Å². The smallest absolute Gasteiger partial charge is 0.249 e. The van der Waals surface area contributed by atoms with Gasteiger partial charge in [-0.05, 0) is 87.1 Å². The Balaban J connectivity index is 1.06. The number of nitrogens with zero attached hydrogens (tertiary/aromatic N) is 4. The topological polar surface area (TPSA) is 225 Å².